The summed E-state index contributed by atoms with van der Waals surface area (Å²) in [7, 11) is 0. The molecule has 1 aromatic rings. The molecule has 2 heteroatoms. The topological polar surface area (TPSA) is 46.2 Å². The van der Waals surface area contributed by atoms with Gasteiger partial charge in [0, 0.05) is 5.92 Å². The maximum atomic E-state index is 10.5. The van der Waals surface area contributed by atoms with Crippen LogP contribution in [-0.4, -0.2) is 11.7 Å². The van der Waals surface area contributed by atoms with Gasteiger partial charge >= 0.3 is 0 Å². The van der Waals surface area contributed by atoms with E-state index >= 15 is 0 Å². The van der Waals surface area contributed by atoms with Crippen molar-refractivity contribution in [3.63, 3.8) is 0 Å². The smallest absolute Gasteiger partial charge is 0.0908 e. The maximum absolute atomic E-state index is 10.5. The number of hydrogen-bond acceptors (Lipinski definition) is 2. The van der Waals surface area contributed by atoms with E-state index < -0.39 is 5.60 Å². The average molecular weight is 221 g/mol. The molecule has 0 radical (unpaired) electrons. The van der Waals surface area contributed by atoms with Gasteiger partial charge in [0.25, 0.3) is 0 Å². The fourth-order valence-corrected chi connectivity index (χ4v) is 2.11. The standard InChI is InChI=1S/C14H23NO/c1-4-11-6-8-13(9-7-11)14(3,16)12(5-2)10-15/h6-9,12,16H,4-5,10,15H2,1-3H3. The van der Waals surface area contributed by atoms with Gasteiger partial charge in [-0.1, -0.05) is 38.1 Å². The summed E-state index contributed by atoms with van der Waals surface area (Å²) in [5, 5.41) is 10.5. The van der Waals surface area contributed by atoms with Crippen LogP contribution in [0.25, 0.3) is 0 Å². The first-order chi connectivity index (χ1) is 7.56. The van der Waals surface area contributed by atoms with Crippen LogP contribution in [0.4, 0.5) is 0 Å². The van der Waals surface area contributed by atoms with Gasteiger partial charge in [0.1, 0.15) is 0 Å². The van der Waals surface area contributed by atoms with Crippen molar-refractivity contribution in [1.29, 1.82) is 0 Å². The Bertz CT molecular complexity index is 312. The van der Waals surface area contributed by atoms with E-state index in [1.165, 1.54) is 5.56 Å². The summed E-state index contributed by atoms with van der Waals surface area (Å²) in [6.07, 6.45) is 1.91. The maximum Gasteiger partial charge on any atom is 0.0908 e. The molecule has 90 valence electrons. The second kappa shape index (κ2) is 5.46. The van der Waals surface area contributed by atoms with Gasteiger partial charge in [-0.3, -0.25) is 0 Å². The summed E-state index contributed by atoms with van der Waals surface area (Å²) in [6.45, 7) is 6.56. The predicted octanol–water partition coefficient (Wildman–Crippen LogP) is 2.44. The molecule has 0 aliphatic carbocycles. The van der Waals surface area contributed by atoms with E-state index in [0.717, 1.165) is 18.4 Å². The molecule has 1 aromatic carbocycles. The Kier molecular flexibility index (Phi) is 4.51. The molecule has 0 aliphatic rings. The van der Waals surface area contributed by atoms with Gasteiger partial charge in [0.05, 0.1) is 5.60 Å². The quantitative estimate of drug-likeness (QED) is 0.802. The molecule has 1 rings (SSSR count). The van der Waals surface area contributed by atoms with Gasteiger partial charge in [-0.05, 0) is 37.4 Å². The molecule has 2 nitrogen and oxygen atoms in total. The van der Waals surface area contributed by atoms with Crippen molar-refractivity contribution in [3.8, 4) is 0 Å². The summed E-state index contributed by atoms with van der Waals surface area (Å²) < 4.78 is 0. The minimum absolute atomic E-state index is 0.111. The van der Waals surface area contributed by atoms with Crippen molar-refractivity contribution < 1.29 is 5.11 Å². The molecule has 0 saturated carbocycles. The summed E-state index contributed by atoms with van der Waals surface area (Å²) in [5.41, 5.74) is 7.13. The number of hydrogen-bond donors (Lipinski definition) is 2. The lowest BCUT2D eigenvalue weighted by Gasteiger charge is -2.32. The van der Waals surface area contributed by atoms with Gasteiger partial charge in [-0.25, -0.2) is 0 Å². The van der Waals surface area contributed by atoms with Crippen LogP contribution < -0.4 is 5.73 Å². The monoisotopic (exact) mass is 221 g/mol. The van der Waals surface area contributed by atoms with E-state index in [-0.39, 0.29) is 5.92 Å². The highest BCUT2D eigenvalue weighted by Gasteiger charge is 2.31. The van der Waals surface area contributed by atoms with Gasteiger partial charge < -0.3 is 10.8 Å². The molecule has 0 aromatic heterocycles. The molecular weight excluding hydrogens is 198 g/mol. The Hall–Kier alpha value is -0.860. The Morgan fingerprint density at radius 1 is 1.25 bits per heavy atom. The lowest BCUT2D eigenvalue weighted by atomic mass is 9.81. The third-order valence-electron chi connectivity index (χ3n) is 3.52. The van der Waals surface area contributed by atoms with Crippen LogP contribution in [-0.2, 0) is 12.0 Å². The molecule has 2 atom stereocenters. The Labute approximate surface area is 98.5 Å². The minimum atomic E-state index is -0.824. The van der Waals surface area contributed by atoms with E-state index in [2.05, 4.69) is 26.0 Å². The van der Waals surface area contributed by atoms with E-state index in [1.54, 1.807) is 0 Å². The second-order valence-corrected chi connectivity index (χ2v) is 4.54. The van der Waals surface area contributed by atoms with Crippen molar-refractivity contribution in [1.82, 2.24) is 0 Å². The molecule has 0 amide bonds. The molecule has 0 fully saturated rings. The zero-order chi connectivity index (χ0) is 12.2. The van der Waals surface area contributed by atoms with Crippen molar-refractivity contribution in [2.75, 3.05) is 6.54 Å². The zero-order valence-electron chi connectivity index (χ0n) is 10.5. The summed E-state index contributed by atoms with van der Waals surface area (Å²) in [5.74, 6) is 0.111. The van der Waals surface area contributed by atoms with Crippen LogP contribution in [0.1, 0.15) is 38.3 Å². The fraction of sp³-hybridized carbons (Fsp3) is 0.571. The lowest BCUT2D eigenvalue weighted by molar-refractivity contribution is -0.00403. The van der Waals surface area contributed by atoms with E-state index in [1.807, 2.05) is 19.1 Å². The van der Waals surface area contributed by atoms with Gasteiger partial charge in [-0.2, -0.15) is 0 Å². The molecule has 3 N–H and O–H groups in total. The van der Waals surface area contributed by atoms with Crippen LogP contribution >= 0.6 is 0 Å². The molecule has 0 heterocycles. The molecule has 0 saturated heterocycles. The normalized spacial score (nSPS) is 16.8. The van der Waals surface area contributed by atoms with Crippen LogP contribution in [0.3, 0.4) is 0 Å². The Morgan fingerprint density at radius 2 is 1.81 bits per heavy atom. The van der Waals surface area contributed by atoms with Crippen LogP contribution in [0.15, 0.2) is 24.3 Å². The second-order valence-electron chi connectivity index (χ2n) is 4.54. The molecule has 16 heavy (non-hydrogen) atoms. The number of benzene rings is 1. The van der Waals surface area contributed by atoms with Crippen molar-refractivity contribution in [3.05, 3.63) is 35.4 Å². The Balaban J connectivity index is 2.96. The van der Waals surface area contributed by atoms with Crippen LogP contribution in [0.5, 0.6) is 0 Å². The highest BCUT2D eigenvalue weighted by Crippen LogP contribution is 2.31. The molecule has 0 bridgehead atoms. The highest BCUT2D eigenvalue weighted by atomic mass is 16.3. The van der Waals surface area contributed by atoms with Crippen LogP contribution in [0, 0.1) is 5.92 Å². The van der Waals surface area contributed by atoms with Gasteiger partial charge in [-0.15, -0.1) is 0 Å². The highest BCUT2D eigenvalue weighted by molar-refractivity contribution is 5.27. The van der Waals surface area contributed by atoms with E-state index in [4.69, 9.17) is 5.73 Å². The molecular formula is C14H23NO. The first-order valence-corrected chi connectivity index (χ1v) is 6.08. The van der Waals surface area contributed by atoms with E-state index in [9.17, 15) is 5.11 Å². The van der Waals surface area contributed by atoms with Crippen molar-refractivity contribution >= 4 is 0 Å². The lowest BCUT2D eigenvalue weighted by Crippen LogP contribution is -2.36. The van der Waals surface area contributed by atoms with Crippen molar-refractivity contribution in [2.24, 2.45) is 11.7 Å². The van der Waals surface area contributed by atoms with Gasteiger partial charge in [0.15, 0.2) is 0 Å². The predicted molar refractivity (Wildman–Crippen MR) is 68.2 cm³/mol. The van der Waals surface area contributed by atoms with Crippen molar-refractivity contribution in [2.45, 2.75) is 39.2 Å². The van der Waals surface area contributed by atoms with Crippen LogP contribution in [0.2, 0.25) is 0 Å². The SMILES string of the molecule is CCc1ccc(C(C)(O)C(CC)CN)cc1. The number of aryl methyl sites for hydroxylation is 1. The average Bonchev–Trinajstić information content (AvgIpc) is 2.30. The summed E-state index contributed by atoms with van der Waals surface area (Å²) >= 11 is 0. The van der Waals surface area contributed by atoms with Gasteiger partial charge in [0.2, 0.25) is 0 Å². The third-order valence-corrected chi connectivity index (χ3v) is 3.52. The molecule has 2 unspecified atom stereocenters. The largest absolute Gasteiger partial charge is 0.385 e. The minimum Gasteiger partial charge on any atom is -0.385 e. The first-order valence-electron chi connectivity index (χ1n) is 6.08. The number of nitrogens with two attached hydrogens (primary N) is 1. The van der Waals surface area contributed by atoms with E-state index in [0.29, 0.717) is 6.54 Å². The first kappa shape index (κ1) is 13.2. The molecule has 0 aliphatic heterocycles. The zero-order valence-corrected chi connectivity index (χ0v) is 10.5. The summed E-state index contributed by atoms with van der Waals surface area (Å²) in [6, 6.07) is 8.17. The third kappa shape index (κ3) is 2.63. The Morgan fingerprint density at radius 3 is 2.19 bits per heavy atom. The number of rotatable bonds is 5. The fourth-order valence-electron chi connectivity index (χ4n) is 2.11. The molecule has 0 spiro atoms. The number of aliphatic hydroxyl groups is 1. The summed E-state index contributed by atoms with van der Waals surface area (Å²) in [4.78, 5) is 0.